The molecule has 0 fully saturated rings. The number of thiophene rings is 1. The van der Waals surface area contributed by atoms with Crippen molar-refractivity contribution in [3.8, 4) is 5.75 Å². The highest BCUT2D eigenvalue weighted by Crippen LogP contribution is 2.13. The van der Waals surface area contributed by atoms with Crippen LogP contribution < -0.4 is 4.74 Å². The van der Waals surface area contributed by atoms with E-state index < -0.39 is 0 Å². The van der Waals surface area contributed by atoms with Crippen molar-refractivity contribution in [3.63, 3.8) is 0 Å². The molecule has 2 aromatic rings. The lowest BCUT2D eigenvalue weighted by Gasteiger charge is -2.06. The number of hydrogen-bond acceptors (Lipinski definition) is 3. The number of carbonyl (C=O) groups excluding carboxylic acids is 1. The van der Waals surface area contributed by atoms with Crippen molar-refractivity contribution >= 4 is 17.1 Å². The van der Waals surface area contributed by atoms with E-state index in [0.29, 0.717) is 19.4 Å². The maximum atomic E-state index is 11.7. The molecule has 0 N–H and O–H groups in total. The van der Waals surface area contributed by atoms with Crippen LogP contribution in [-0.4, -0.2) is 12.4 Å². The summed E-state index contributed by atoms with van der Waals surface area (Å²) in [5, 5.41) is 1.99. The summed E-state index contributed by atoms with van der Waals surface area (Å²) >= 11 is 1.62. The fourth-order valence-corrected chi connectivity index (χ4v) is 2.42. The molecule has 94 valence electrons. The maximum absolute atomic E-state index is 11.7. The monoisotopic (exact) mass is 260 g/mol. The Labute approximate surface area is 111 Å². The minimum absolute atomic E-state index is 0.227. The van der Waals surface area contributed by atoms with Gasteiger partial charge < -0.3 is 4.74 Å². The van der Waals surface area contributed by atoms with Crippen molar-refractivity contribution in [2.75, 3.05) is 6.61 Å². The first-order valence-electron chi connectivity index (χ1n) is 5.97. The van der Waals surface area contributed by atoms with Gasteiger partial charge in [0.15, 0.2) is 0 Å². The summed E-state index contributed by atoms with van der Waals surface area (Å²) in [6.45, 7) is 2.47. The highest BCUT2D eigenvalue weighted by atomic mass is 32.1. The standard InChI is InChI=1S/C15H16O2S/c1-12-4-2-5-14(10-12)17-8-7-13(16)11-15-6-3-9-18-15/h2-6,9-10H,7-8,11H2,1H3. The first-order chi connectivity index (χ1) is 8.74. The molecule has 0 aliphatic carbocycles. The Kier molecular flexibility index (Phi) is 4.53. The normalized spacial score (nSPS) is 10.3. The van der Waals surface area contributed by atoms with E-state index in [1.54, 1.807) is 11.3 Å². The largest absolute Gasteiger partial charge is 0.493 e. The van der Waals surface area contributed by atoms with Gasteiger partial charge in [0.05, 0.1) is 6.61 Å². The van der Waals surface area contributed by atoms with Crippen molar-refractivity contribution < 1.29 is 9.53 Å². The van der Waals surface area contributed by atoms with Crippen molar-refractivity contribution in [1.82, 2.24) is 0 Å². The fourth-order valence-electron chi connectivity index (χ4n) is 1.68. The van der Waals surface area contributed by atoms with Crippen molar-refractivity contribution in [2.45, 2.75) is 19.8 Å². The van der Waals surface area contributed by atoms with Crippen molar-refractivity contribution in [3.05, 3.63) is 52.2 Å². The van der Waals surface area contributed by atoms with E-state index >= 15 is 0 Å². The van der Waals surface area contributed by atoms with Gasteiger partial charge in [0.2, 0.25) is 0 Å². The van der Waals surface area contributed by atoms with Gasteiger partial charge >= 0.3 is 0 Å². The second-order valence-electron chi connectivity index (χ2n) is 4.21. The van der Waals surface area contributed by atoms with Crippen LogP contribution in [0.2, 0.25) is 0 Å². The van der Waals surface area contributed by atoms with Crippen molar-refractivity contribution in [1.29, 1.82) is 0 Å². The Morgan fingerprint density at radius 1 is 1.28 bits per heavy atom. The van der Waals surface area contributed by atoms with Gasteiger partial charge in [-0.3, -0.25) is 4.79 Å². The predicted molar refractivity (Wildman–Crippen MR) is 74.3 cm³/mol. The number of benzene rings is 1. The van der Waals surface area contributed by atoms with Crippen LogP contribution in [0.4, 0.5) is 0 Å². The molecule has 0 spiro atoms. The third kappa shape index (κ3) is 4.00. The van der Waals surface area contributed by atoms with Crippen LogP contribution in [0.25, 0.3) is 0 Å². The Hall–Kier alpha value is -1.61. The molecule has 1 aromatic heterocycles. The Balaban J connectivity index is 1.73. The second-order valence-corrected chi connectivity index (χ2v) is 5.24. The van der Waals surface area contributed by atoms with E-state index in [1.807, 2.05) is 48.7 Å². The van der Waals surface area contributed by atoms with Crippen LogP contribution in [0.15, 0.2) is 41.8 Å². The lowest BCUT2D eigenvalue weighted by atomic mass is 10.2. The van der Waals surface area contributed by atoms with Crippen LogP contribution >= 0.6 is 11.3 Å². The third-order valence-electron chi connectivity index (χ3n) is 2.59. The predicted octanol–water partition coefficient (Wildman–Crippen LogP) is 3.64. The SMILES string of the molecule is Cc1cccc(OCCC(=O)Cc2cccs2)c1. The zero-order valence-electron chi connectivity index (χ0n) is 10.4. The van der Waals surface area contributed by atoms with Crippen LogP contribution in [-0.2, 0) is 11.2 Å². The molecule has 0 aliphatic heterocycles. The minimum Gasteiger partial charge on any atom is -0.493 e. The quantitative estimate of drug-likeness (QED) is 0.792. The molecule has 0 atom stereocenters. The smallest absolute Gasteiger partial charge is 0.141 e. The number of ether oxygens (including phenoxy) is 1. The number of carbonyl (C=O) groups is 1. The summed E-state index contributed by atoms with van der Waals surface area (Å²) in [5.41, 5.74) is 1.16. The first kappa shape index (κ1) is 12.8. The molecule has 0 aliphatic rings. The van der Waals surface area contributed by atoms with Gasteiger partial charge in [-0.1, -0.05) is 18.2 Å². The van der Waals surface area contributed by atoms with E-state index in [9.17, 15) is 4.79 Å². The number of Topliss-reactive ketones (excluding diaryl/α,β-unsaturated/α-hetero) is 1. The van der Waals surface area contributed by atoms with E-state index in [0.717, 1.165) is 16.2 Å². The van der Waals surface area contributed by atoms with Crippen LogP contribution in [0.3, 0.4) is 0 Å². The first-order valence-corrected chi connectivity index (χ1v) is 6.85. The van der Waals surface area contributed by atoms with Gasteiger partial charge in [-0.25, -0.2) is 0 Å². The summed E-state index contributed by atoms with van der Waals surface area (Å²) in [6.07, 6.45) is 0.987. The summed E-state index contributed by atoms with van der Waals surface area (Å²) in [6, 6.07) is 11.8. The van der Waals surface area contributed by atoms with Gasteiger partial charge in [-0.05, 0) is 36.1 Å². The van der Waals surface area contributed by atoms with Gasteiger partial charge in [0, 0.05) is 17.7 Å². The van der Waals surface area contributed by atoms with Gasteiger partial charge in [0.1, 0.15) is 11.5 Å². The molecule has 1 aromatic carbocycles. The molecule has 0 unspecified atom stereocenters. The molecule has 1 heterocycles. The highest BCUT2D eigenvalue weighted by molar-refractivity contribution is 7.10. The molecular weight excluding hydrogens is 244 g/mol. The molecule has 0 radical (unpaired) electrons. The molecule has 0 saturated heterocycles. The summed E-state index contributed by atoms with van der Waals surface area (Å²) in [7, 11) is 0. The second kappa shape index (κ2) is 6.36. The van der Waals surface area contributed by atoms with E-state index in [4.69, 9.17) is 4.74 Å². The van der Waals surface area contributed by atoms with E-state index in [1.165, 1.54) is 0 Å². The van der Waals surface area contributed by atoms with Gasteiger partial charge in [0.25, 0.3) is 0 Å². The lowest BCUT2D eigenvalue weighted by Crippen LogP contribution is -2.08. The number of ketones is 1. The zero-order valence-corrected chi connectivity index (χ0v) is 11.2. The number of hydrogen-bond donors (Lipinski definition) is 0. The van der Waals surface area contributed by atoms with E-state index in [-0.39, 0.29) is 5.78 Å². The van der Waals surface area contributed by atoms with Crippen LogP contribution in [0, 0.1) is 6.92 Å². The maximum Gasteiger partial charge on any atom is 0.141 e. The Morgan fingerprint density at radius 3 is 2.89 bits per heavy atom. The van der Waals surface area contributed by atoms with Crippen molar-refractivity contribution in [2.24, 2.45) is 0 Å². The summed E-state index contributed by atoms with van der Waals surface area (Å²) < 4.78 is 5.56. The Morgan fingerprint density at radius 2 is 2.17 bits per heavy atom. The van der Waals surface area contributed by atoms with E-state index in [2.05, 4.69) is 0 Å². The molecule has 18 heavy (non-hydrogen) atoms. The average Bonchev–Trinajstić information content (AvgIpc) is 2.82. The number of aryl methyl sites for hydroxylation is 1. The molecule has 2 nitrogen and oxygen atoms in total. The lowest BCUT2D eigenvalue weighted by molar-refractivity contribution is -0.118. The average molecular weight is 260 g/mol. The number of rotatable bonds is 6. The molecule has 0 saturated carbocycles. The van der Waals surface area contributed by atoms with Gasteiger partial charge in [-0.2, -0.15) is 0 Å². The summed E-state index contributed by atoms with van der Waals surface area (Å²) in [5.74, 6) is 1.06. The van der Waals surface area contributed by atoms with Gasteiger partial charge in [-0.15, -0.1) is 11.3 Å². The van der Waals surface area contributed by atoms with Crippen LogP contribution in [0.5, 0.6) is 5.75 Å². The molecule has 0 amide bonds. The minimum atomic E-state index is 0.227. The Bertz CT molecular complexity index is 503. The fraction of sp³-hybridized carbons (Fsp3) is 0.267. The summed E-state index contributed by atoms with van der Waals surface area (Å²) in [4.78, 5) is 12.8. The molecule has 2 rings (SSSR count). The molecule has 3 heteroatoms. The topological polar surface area (TPSA) is 26.3 Å². The highest BCUT2D eigenvalue weighted by Gasteiger charge is 2.05. The van der Waals surface area contributed by atoms with Crippen LogP contribution in [0.1, 0.15) is 16.9 Å². The zero-order chi connectivity index (χ0) is 12.8. The third-order valence-corrected chi connectivity index (χ3v) is 3.47. The molecule has 0 bridgehead atoms. The molecular formula is C15H16O2S.